The normalized spacial score (nSPS) is 15.9. The summed E-state index contributed by atoms with van der Waals surface area (Å²) in [5, 5.41) is 9.67. The van der Waals surface area contributed by atoms with Gasteiger partial charge in [-0.15, -0.1) is 0 Å². The summed E-state index contributed by atoms with van der Waals surface area (Å²) in [6.45, 7) is 0.360. The van der Waals surface area contributed by atoms with Crippen molar-refractivity contribution in [1.29, 1.82) is 0 Å². The van der Waals surface area contributed by atoms with E-state index in [2.05, 4.69) is 0 Å². The van der Waals surface area contributed by atoms with Crippen LogP contribution >= 0.6 is 0 Å². The first-order valence-electron chi connectivity index (χ1n) is 11.7. The number of benzene rings is 2. The average Bonchev–Trinajstić information content (AvgIpc) is 3.42. The van der Waals surface area contributed by atoms with Gasteiger partial charge < -0.3 is 19.2 Å². The number of ether oxygens (including phenoxy) is 1. The molecule has 0 saturated carbocycles. The van der Waals surface area contributed by atoms with E-state index in [0.29, 0.717) is 17.1 Å². The molecule has 6 nitrogen and oxygen atoms in total. The van der Waals surface area contributed by atoms with Crippen LogP contribution in [0.4, 0.5) is 13.2 Å². The number of carboxylic acid groups (broad SMARTS) is 1. The van der Waals surface area contributed by atoms with Gasteiger partial charge in [-0.3, -0.25) is 4.79 Å². The van der Waals surface area contributed by atoms with Crippen LogP contribution in [0.15, 0.2) is 89.6 Å². The number of allylic oxidation sites excluding steroid dienone is 2. The van der Waals surface area contributed by atoms with E-state index in [4.69, 9.17) is 9.15 Å². The van der Waals surface area contributed by atoms with Crippen LogP contribution < -0.4 is 4.74 Å². The number of furan rings is 1. The molecule has 1 aliphatic rings. The summed E-state index contributed by atoms with van der Waals surface area (Å²) in [6.07, 6.45) is 6.94. The zero-order valence-corrected chi connectivity index (χ0v) is 20.1. The Morgan fingerprint density at radius 2 is 1.84 bits per heavy atom. The Morgan fingerprint density at radius 1 is 1.05 bits per heavy atom. The molecule has 0 saturated heterocycles. The number of halogens is 3. The van der Waals surface area contributed by atoms with Crippen molar-refractivity contribution in [3.63, 3.8) is 0 Å². The molecular formula is C29H24F3NO5. The van der Waals surface area contributed by atoms with Crippen molar-refractivity contribution in [2.24, 2.45) is 0 Å². The maximum atomic E-state index is 12.8. The number of rotatable bonds is 8. The Kier molecular flexibility index (Phi) is 8.15. The molecule has 1 amide bonds. The summed E-state index contributed by atoms with van der Waals surface area (Å²) in [6, 6.07) is 12.6. The molecule has 3 aromatic rings. The minimum Gasteiger partial charge on any atom is -0.490 e. The molecule has 196 valence electrons. The number of aliphatic carboxylic acids is 1. The van der Waals surface area contributed by atoms with E-state index in [9.17, 15) is 27.9 Å². The van der Waals surface area contributed by atoms with Gasteiger partial charge in [0.15, 0.2) is 0 Å². The number of alkyl halides is 3. The molecule has 0 unspecified atom stereocenters. The van der Waals surface area contributed by atoms with Crippen LogP contribution in [0.25, 0.3) is 12.2 Å². The second-order valence-electron chi connectivity index (χ2n) is 8.52. The lowest BCUT2D eigenvalue weighted by atomic mass is 9.93. The zero-order chi connectivity index (χ0) is 27.1. The van der Waals surface area contributed by atoms with Gasteiger partial charge in [-0.1, -0.05) is 36.4 Å². The number of carbonyl (C=O) groups excluding carboxylic acids is 1. The maximum absolute atomic E-state index is 12.8. The van der Waals surface area contributed by atoms with Gasteiger partial charge in [-0.05, 0) is 65.2 Å². The van der Waals surface area contributed by atoms with Crippen molar-refractivity contribution in [1.82, 2.24) is 4.90 Å². The standard InChI is InChI=1S/C29H24F3NO5/c30-29(31,32)23-10-7-20(8-11-23)5-2-1-3-15-38-25-12-9-21-18-26(28(35)36)33(19-22(21)17-25)27(34)14-13-24-6-4-16-37-24/h1-14,16-17,26H,15,18-19H2,(H,35,36)/b3-1+,5-2+,14-13+/t26-/m0/s1. The minimum atomic E-state index is -4.36. The maximum Gasteiger partial charge on any atom is 0.416 e. The molecule has 9 heteroatoms. The molecule has 0 bridgehead atoms. The molecular weight excluding hydrogens is 499 g/mol. The number of hydrogen-bond acceptors (Lipinski definition) is 4. The Morgan fingerprint density at radius 3 is 2.53 bits per heavy atom. The molecule has 1 atom stereocenters. The lowest BCUT2D eigenvalue weighted by molar-refractivity contribution is -0.149. The largest absolute Gasteiger partial charge is 0.490 e. The van der Waals surface area contributed by atoms with Crippen LogP contribution in [0.5, 0.6) is 5.75 Å². The molecule has 38 heavy (non-hydrogen) atoms. The van der Waals surface area contributed by atoms with Crippen molar-refractivity contribution in [3.8, 4) is 5.75 Å². The van der Waals surface area contributed by atoms with Gasteiger partial charge >= 0.3 is 12.1 Å². The van der Waals surface area contributed by atoms with E-state index in [1.165, 1.54) is 35.4 Å². The predicted octanol–water partition coefficient (Wildman–Crippen LogP) is 6.00. The van der Waals surface area contributed by atoms with Crippen LogP contribution in [-0.4, -0.2) is 34.5 Å². The zero-order valence-electron chi connectivity index (χ0n) is 20.1. The van der Waals surface area contributed by atoms with Crippen molar-refractivity contribution < 1.29 is 37.0 Å². The number of carboxylic acids is 1. The molecule has 0 spiro atoms. The lowest BCUT2D eigenvalue weighted by Crippen LogP contribution is -2.48. The van der Waals surface area contributed by atoms with Crippen molar-refractivity contribution >= 4 is 24.0 Å². The van der Waals surface area contributed by atoms with E-state index in [1.54, 1.807) is 54.6 Å². The second-order valence-corrected chi connectivity index (χ2v) is 8.52. The van der Waals surface area contributed by atoms with E-state index in [0.717, 1.165) is 23.3 Å². The molecule has 0 fully saturated rings. The predicted molar refractivity (Wildman–Crippen MR) is 135 cm³/mol. The summed E-state index contributed by atoms with van der Waals surface area (Å²) in [5.41, 5.74) is 1.57. The number of carbonyl (C=O) groups is 2. The third-order valence-electron chi connectivity index (χ3n) is 5.93. The molecule has 1 aliphatic heterocycles. The SMILES string of the molecule is O=C(O)[C@@H]1Cc2ccc(OC/C=C/C=C/c3ccc(C(F)(F)F)cc3)cc2CN1C(=O)/C=C/c1ccco1. The average molecular weight is 524 g/mol. The highest BCUT2D eigenvalue weighted by Crippen LogP contribution is 2.29. The van der Waals surface area contributed by atoms with E-state index in [-0.39, 0.29) is 19.6 Å². The molecule has 4 rings (SSSR count). The smallest absolute Gasteiger partial charge is 0.416 e. The molecule has 1 aromatic heterocycles. The van der Waals surface area contributed by atoms with Crippen molar-refractivity contribution in [2.75, 3.05) is 6.61 Å². The molecule has 2 heterocycles. The van der Waals surface area contributed by atoms with Crippen LogP contribution in [0.1, 0.15) is 28.0 Å². The fourth-order valence-electron chi connectivity index (χ4n) is 3.97. The van der Waals surface area contributed by atoms with E-state index >= 15 is 0 Å². The van der Waals surface area contributed by atoms with Crippen molar-refractivity contribution in [2.45, 2.75) is 25.2 Å². The third-order valence-corrected chi connectivity index (χ3v) is 5.93. The highest BCUT2D eigenvalue weighted by molar-refractivity contribution is 5.94. The third kappa shape index (κ3) is 6.82. The topological polar surface area (TPSA) is 80.0 Å². The Labute approximate surface area is 216 Å². The second kappa shape index (κ2) is 11.7. The highest BCUT2D eigenvalue weighted by Gasteiger charge is 2.34. The fourth-order valence-corrected chi connectivity index (χ4v) is 3.97. The summed E-state index contributed by atoms with van der Waals surface area (Å²) in [7, 11) is 0. The van der Waals surface area contributed by atoms with E-state index < -0.39 is 29.7 Å². The van der Waals surface area contributed by atoms with Crippen LogP contribution in [-0.2, 0) is 28.7 Å². The van der Waals surface area contributed by atoms with Gasteiger partial charge in [0.25, 0.3) is 0 Å². The fraction of sp³-hybridized carbons (Fsp3) is 0.172. The summed E-state index contributed by atoms with van der Waals surface area (Å²) < 4.78 is 48.8. The lowest BCUT2D eigenvalue weighted by Gasteiger charge is -2.34. The Hall–Kier alpha value is -4.53. The van der Waals surface area contributed by atoms with Gasteiger partial charge in [0, 0.05) is 19.0 Å². The number of hydrogen-bond donors (Lipinski definition) is 1. The van der Waals surface area contributed by atoms with Gasteiger partial charge in [0.1, 0.15) is 24.2 Å². The molecule has 2 aromatic carbocycles. The monoisotopic (exact) mass is 523 g/mol. The van der Waals surface area contributed by atoms with Crippen LogP contribution in [0.3, 0.4) is 0 Å². The first kappa shape index (κ1) is 26.5. The minimum absolute atomic E-state index is 0.122. The number of nitrogens with zero attached hydrogens (tertiary/aromatic N) is 1. The van der Waals surface area contributed by atoms with Gasteiger partial charge in [-0.25, -0.2) is 4.79 Å². The summed E-state index contributed by atoms with van der Waals surface area (Å²) in [4.78, 5) is 25.9. The first-order chi connectivity index (χ1) is 18.2. The van der Waals surface area contributed by atoms with Crippen molar-refractivity contribution in [3.05, 3.63) is 113 Å². The Balaban J connectivity index is 1.35. The van der Waals surface area contributed by atoms with Gasteiger partial charge in [-0.2, -0.15) is 13.2 Å². The number of amides is 1. The first-order valence-corrected chi connectivity index (χ1v) is 11.7. The molecule has 0 radical (unpaired) electrons. The quantitative estimate of drug-likeness (QED) is 0.290. The van der Waals surface area contributed by atoms with Gasteiger partial charge in [0.2, 0.25) is 5.91 Å². The Bertz CT molecular complexity index is 1360. The van der Waals surface area contributed by atoms with Crippen LogP contribution in [0.2, 0.25) is 0 Å². The highest BCUT2D eigenvalue weighted by atomic mass is 19.4. The van der Waals surface area contributed by atoms with Gasteiger partial charge in [0.05, 0.1) is 11.8 Å². The van der Waals surface area contributed by atoms with Crippen LogP contribution in [0, 0.1) is 0 Å². The number of fused-ring (bicyclic) bond motifs is 1. The van der Waals surface area contributed by atoms with E-state index in [1.807, 2.05) is 0 Å². The molecule has 1 N–H and O–H groups in total. The summed E-state index contributed by atoms with van der Waals surface area (Å²) in [5.74, 6) is -0.466. The molecule has 0 aliphatic carbocycles. The summed E-state index contributed by atoms with van der Waals surface area (Å²) >= 11 is 0.